The summed E-state index contributed by atoms with van der Waals surface area (Å²) in [6.45, 7) is 8.75. The molecule has 2 aromatic carbocycles. The molecular weight excluding hydrogens is 332 g/mol. The fourth-order valence-corrected chi connectivity index (χ4v) is 2.52. The molecule has 0 saturated heterocycles. The van der Waals surface area contributed by atoms with Gasteiger partial charge in [0.25, 0.3) is 5.91 Å². The molecule has 0 spiro atoms. The summed E-state index contributed by atoms with van der Waals surface area (Å²) in [6, 6.07) is 13.1. The Balaban J connectivity index is 2.01. The molecule has 0 heterocycles. The summed E-state index contributed by atoms with van der Waals surface area (Å²) in [7, 11) is 0. The maximum absolute atomic E-state index is 12.4. The van der Waals surface area contributed by atoms with Gasteiger partial charge in [-0.3, -0.25) is 10.1 Å². The van der Waals surface area contributed by atoms with E-state index in [1.807, 2.05) is 38.1 Å². The molecule has 5 heteroatoms. The molecule has 132 valence electrons. The molecular formula is C20H24N2O2S. The van der Waals surface area contributed by atoms with Crippen molar-refractivity contribution in [2.45, 2.75) is 27.7 Å². The van der Waals surface area contributed by atoms with E-state index in [4.69, 9.17) is 17.0 Å². The van der Waals surface area contributed by atoms with Crippen LogP contribution in [-0.4, -0.2) is 17.6 Å². The molecule has 0 aliphatic carbocycles. The molecule has 2 N–H and O–H groups in total. The van der Waals surface area contributed by atoms with E-state index in [1.165, 1.54) is 0 Å². The van der Waals surface area contributed by atoms with Gasteiger partial charge < -0.3 is 10.1 Å². The van der Waals surface area contributed by atoms with Gasteiger partial charge in [0, 0.05) is 11.3 Å². The summed E-state index contributed by atoms with van der Waals surface area (Å²) >= 11 is 5.28. The highest BCUT2D eigenvalue weighted by atomic mass is 32.1. The standard InChI is InChI=1S/C20H24N2O2S/c1-13(2)12-24-17-10-6-9-16(11-17)19(23)22-20(25)21-18-14(3)7-5-8-15(18)4/h5-11,13H,12H2,1-4H3,(H2,21,22,23,25). The van der Waals surface area contributed by atoms with Gasteiger partial charge in [-0.15, -0.1) is 0 Å². The summed E-state index contributed by atoms with van der Waals surface area (Å²) in [6.07, 6.45) is 0. The lowest BCUT2D eigenvalue weighted by Gasteiger charge is -2.14. The van der Waals surface area contributed by atoms with Gasteiger partial charge in [0.15, 0.2) is 5.11 Å². The van der Waals surface area contributed by atoms with Crippen LogP contribution in [0, 0.1) is 19.8 Å². The lowest BCUT2D eigenvalue weighted by Crippen LogP contribution is -2.34. The van der Waals surface area contributed by atoms with Crippen molar-refractivity contribution < 1.29 is 9.53 Å². The van der Waals surface area contributed by atoms with Crippen molar-refractivity contribution in [1.29, 1.82) is 0 Å². The first-order chi connectivity index (χ1) is 11.9. The van der Waals surface area contributed by atoms with Crippen molar-refractivity contribution in [2.75, 3.05) is 11.9 Å². The lowest BCUT2D eigenvalue weighted by molar-refractivity contribution is 0.0977. The van der Waals surface area contributed by atoms with Crippen molar-refractivity contribution in [2.24, 2.45) is 5.92 Å². The number of hydrogen-bond acceptors (Lipinski definition) is 3. The fourth-order valence-electron chi connectivity index (χ4n) is 2.32. The van der Waals surface area contributed by atoms with Crippen LogP contribution in [0.4, 0.5) is 5.69 Å². The van der Waals surface area contributed by atoms with Gasteiger partial charge in [-0.1, -0.05) is 38.1 Å². The topological polar surface area (TPSA) is 50.4 Å². The summed E-state index contributed by atoms with van der Waals surface area (Å²) in [5.74, 6) is 0.834. The van der Waals surface area contributed by atoms with Crippen LogP contribution in [0.5, 0.6) is 5.75 Å². The van der Waals surface area contributed by atoms with Crippen molar-refractivity contribution >= 4 is 28.9 Å². The molecule has 0 saturated carbocycles. The number of benzene rings is 2. The second-order valence-electron chi connectivity index (χ2n) is 6.41. The normalized spacial score (nSPS) is 10.4. The van der Waals surface area contributed by atoms with Crippen LogP contribution in [0.1, 0.15) is 35.3 Å². The highest BCUT2D eigenvalue weighted by Gasteiger charge is 2.11. The number of para-hydroxylation sites is 1. The van der Waals surface area contributed by atoms with Gasteiger partial charge in [0.2, 0.25) is 0 Å². The first kappa shape index (κ1) is 18.9. The fraction of sp³-hybridized carbons (Fsp3) is 0.300. The van der Waals surface area contributed by atoms with Gasteiger partial charge in [-0.05, 0) is 61.3 Å². The van der Waals surface area contributed by atoms with Gasteiger partial charge in [0.1, 0.15) is 5.75 Å². The number of anilines is 1. The molecule has 0 radical (unpaired) electrons. The SMILES string of the molecule is Cc1cccc(C)c1NC(=S)NC(=O)c1cccc(OCC(C)C)c1. The minimum atomic E-state index is -0.265. The summed E-state index contributed by atoms with van der Waals surface area (Å²) in [4.78, 5) is 12.4. The van der Waals surface area contributed by atoms with E-state index in [-0.39, 0.29) is 11.0 Å². The Morgan fingerprint density at radius 1 is 1.12 bits per heavy atom. The molecule has 4 nitrogen and oxygen atoms in total. The van der Waals surface area contributed by atoms with E-state index >= 15 is 0 Å². The van der Waals surface area contributed by atoms with Crippen molar-refractivity contribution in [1.82, 2.24) is 5.32 Å². The van der Waals surface area contributed by atoms with Crippen LogP contribution < -0.4 is 15.4 Å². The highest BCUT2D eigenvalue weighted by Crippen LogP contribution is 2.19. The zero-order valence-corrected chi connectivity index (χ0v) is 15.9. The molecule has 1 amide bonds. The van der Waals surface area contributed by atoms with Crippen LogP contribution in [0.2, 0.25) is 0 Å². The minimum absolute atomic E-state index is 0.265. The van der Waals surface area contributed by atoms with E-state index in [2.05, 4.69) is 24.5 Å². The molecule has 0 unspecified atom stereocenters. The molecule has 2 aromatic rings. The number of thiocarbonyl (C=S) groups is 1. The van der Waals surface area contributed by atoms with Crippen LogP contribution >= 0.6 is 12.2 Å². The Kier molecular flexibility index (Phi) is 6.53. The van der Waals surface area contributed by atoms with E-state index in [0.29, 0.717) is 23.8 Å². The molecule has 0 aromatic heterocycles. The number of rotatable bonds is 5. The molecule has 0 aliphatic rings. The Bertz CT molecular complexity index is 752. The number of carbonyl (C=O) groups is 1. The minimum Gasteiger partial charge on any atom is -0.493 e. The molecule has 0 atom stereocenters. The largest absolute Gasteiger partial charge is 0.493 e. The zero-order chi connectivity index (χ0) is 18.4. The third kappa shape index (κ3) is 5.57. The molecule has 2 rings (SSSR count). The van der Waals surface area contributed by atoms with Crippen LogP contribution in [0.25, 0.3) is 0 Å². The molecule has 25 heavy (non-hydrogen) atoms. The van der Waals surface area contributed by atoms with Crippen molar-refractivity contribution in [3.05, 3.63) is 59.2 Å². The maximum atomic E-state index is 12.4. The number of ether oxygens (including phenoxy) is 1. The number of hydrogen-bond donors (Lipinski definition) is 2. The third-order valence-electron chi connectivity index (χ3n) is 3.63. The Hall–Kier alpha value is -2.40. The van der Waals surface area contributed by atoms with E-state index in [0.717, 1.165) is 16.8 Å². The van der Waals surface area contributed by atoms with E-state index in [1.54, 1.807) is 18.2 Å². The maximum Gasteiger partial charge on any atom is 0.257 e. The zero-order valence-electron chi connectivity index (χ0n) is 15.1. The summed E-state index contributed by atoms with van der Waals surface area (Å²) in [5, 5.41) is 6.09. The van der Waals surface area contributed by atoms with Gasteiger partial charge >= 0.3 is 0 Å². The average molecular weight is 356 g/mol. The number of amides is 1. The van der Waals surface area contributed by atoms with Crippen LogP contribution in [-0.2, 0) is 0 Å². The second kappa shape index (κ2) is 8.62. The monoisotopic (exact) mass is 356 g/mol. The van der Waals surface area contributed by atoms with Crippen LogP contribution in [0.3, 0.4) is 0 Å². The van der Waals surface area contributed by atoms with E-state index in [9.17, 15) is 4.79 Å². The summed E-state index contributed by atoms with van der Waals surface area (Å²) in [5.41, 5.74) is 3.56. The quantitative estimate of drug-likeness (QED) is 0.777. The number of carbonyl (C=O) groups excluding carboxylic acids is 1. The molecule has 0 fully saturated rings. The van der Waals surface area contributed by atoms with E-state index < -0.39 is 0 Å². The predicted molar refractivity (Wildman–Crippen MR) is 106 cm³/mol. The Labute approximate surface area is 154 Å². The lowest BCUT2D eigenvalue weighted by atomic mass is 10.1. The average Bonchev–Trinajstić information content (AvgIpc) is 2.56. The molecule has 0 bridgehead atoms. The Morgan fingerprint density at radius 3 is 2.40 bits per heavy atom. The highest BCUT2D eigenvalue weighted by molar-refractivity contribution is 7.80. The summed E-state index contributed by atoms with van der Waals surface area (Å²) < 4.78 is 5.66. The first-order valence-electron chi connectivity index (χ1n) is 8.28. The van der Waals surface area contributed by atoms with Gasteiger partial charge in [-0.25, -0.2) is 0 Å². The molecule has 0 aliphatic heterocycles. The van der Waals surface area contributed by atoms with Gasteiger partial charge in [0.05, 0.1) is 6.61 Å². The first-order valence-corrected chi connectivity index (χ1v) is 8.69. The third-order valence-corrected chi connectivity index (χ3v) is 3.83. The number of nitrogens with one attached hydrogen (secondary N) is 2. The van der Waals surface area contributed by atoms with Crippen molar-refractivity contribution in [3.8, 4) is 5.75 Å². The smallest absolute Gasteiger partial charge is 0.257 e. The predicted octanol–water partition coefficient (Wildman–Crippen LogP) is 4.47. The Morgan fingerprint density at radius 2 is 1.76 bits per heavy atom. The second-order valence-corrected chi connectivity index (χ2v) is 6.82. The van der Waals surface area contributed by atoms with Gasteiger partial charge in [-0.2, -0.15) is 0 Å². The van der Waals surface area contributed by atoms with Crippen LogP contribution in [0.15, 0.2) is 42.5 Å². The number of aryl methyl sites for hydroxylation is 2. The van der Waals surface area contributed by atoms with Crippen molar-refractivity contribution in [3.63, 3.8) is 0 Å².